The predicted molar refractivity (Wildman–Crippen MR) is 199 cm³/mol. The molecule has 1 N–H and O–H groups in total. The molecule has 13 heteroatoms. The number of anilines is 2. The molecular formula is C38H52N6O6S. The summed E-state index contributed by atoms with van der Waals surface area (Å²) in [7, 11) is 0. The minimum Gasteiger partial charge on any atom is -0.443 e. The maximum Gasteiger partial charge on any atom is 0.425 e. The lowest BCUT2D eigenvalue weighted by Crippen LogP contribution is -2.46. The molecule has 2 aromatic heterocycles. The van der Waals surface area contributed by atoms with Crippen LogP contribution in [0.1, 0.15) is 113 Å². The van der Waals surface area contributed by atoms with Crippen molar-refractivity contribution in [2.24, 2.45) is 5.92 Å². The Kier molecular flexibility index (Phi) is 10.2. The zero-order chi connectivity index (χ0) is 39.7. The molecule has 0 bridgehead atoms. The van der Waals surface area contributed by atoms with Crippen LogP contribution in [0, 0.1) is 5.92 Å². The third kappa shape index (κ3) is 9.42. The van der Waals surface area contributed by atoms with Crippen LogP contribution in [0.3, 0.4) is 0 Å². The van der Waals surface area contributed by atoms with E-state index in [1.54, 1.807) is 68.7 Å². The van der Waals surface area contributed by atoms with Crippen molar-refractivity contribution >= 4 is 57.1 Å². The molecule has 276 valence electrons. The van der Waals surface area contributed by atoms with E-state index in [9.17, 15) is 19.2 Å². The lowest BCUT2D eigenvalue weighted by Gasteiger charge is -2.38. The minimum atomic E-state index is -2.08. The Morgan fingerprint density at radius 2 is 1.67 bits per heavy atom. The number of nitrogens with zero attached hydrogens (tertiary/aromatic N) is 5. The number of likely N-dealkylation sites (tertiary alicyclic amines) is 2. The number of aryl methyl sites for hydroxylation is 1. The van der Waals surface area contributed by atoms with Gasteiger partial charge in [-0.2, -0.15) is 4.90 Å². The van der Waals surface area contributed by atoms with Crippen LogP contribution in [0.5, 0.6) is 0 Å². The zero-order valence-electron chi connectivity index (χ0n) is 33.9. The van der Waals surface area contributed by atoms with E-state index >= 15 is 0 Å². The molecule has 4 amide bonds. The second kappa shape index (κ2) is 15.2. The lowest BCUT2D eigenvalue weighted by atomic mass is 9.89. The van der Waals surface area contributed by atoms with Crippen molar-refractivity contribution < 1.29 is 32.8 Å². The highest BCUT2D eigenvalue weighted by Gasteiger charge is 2.37. The summed E-state index contributed by atoms with van der Waals surface area (Å²) in [4.78, 5) is 67.2. The van der Waals surface area contributed by atoms with Gasteiger partial charge in [-0.25, -0.2) is 19.6 Å². The maximum absolute atomic E-state index is 13.9. The number of amides is 4. The maximum atomic E-state index is 13.9. The van der Waals surface area contributed by atoms with Crippen LogP contribution in [-0.2, 0) is 25.5 Å². The monoisotopic (exact) mass is 724 g/mol. The van der Waals surface area contributed by atoms with E-state index < -0.39 is 42.2 Å². The number of pyridine rings is 1. The van der Waals surface area contributed by atoms with Crippen LogP contribution < -0.4 is 10.2 Å². The minimum absolute atomic E-state index is 0.00287. The number of carbonyl (C=O) groups excluding carboxylic acids is 4. The average Bonchev–Trinajstić information content (AvgIpc) is 3.50. The van der Waals surface area contributed by atoms with E-state index in [1.807, 2.05) is 25.1 Å². The van der Waals surface area contributed by atoms with Gasteiger partial charge >= 0.3 is 24.0 Å². The van der Waals surface area contributed by atoms with Crippen molar-refractivity contribution in [1.29, 1.82) is 0 Å². The van der Waals surface area contributed by atoms with E-state index in [4.69, 9.17) is 18.6 Å². The number of hydrogen-bond acceptors (Lipinski definition) is 10. The Morgan fingerprint density at radius 1 is 1.00 bits per heavy atom. The van der Waals surface area contributed by atoms with E-state index in [2.05, 4.69) is 17.2 Å². The highest BCUT2D eigenvalue weighted by Crippen LogP contribution is 2.38. The molecule has 51 heavy (non-hydrogen) atoms. The van der Waals surface area contributed by atoms with Crippen LogP contribution in [0.15, 0.2) is 30.5 Å². The molecule has 2 saturated heterocycles. The number of ether oxygens (including phenoxy) is 2. The topological polar surface area (TPSA) is 134 Å². The highest BCUT2D eigenvalue weighted by atomic mass is 32.1. The Labute approximate surface area is 309 Å². The smallest absolute Gasteiger partial charge is 0.425 e. The van der Waals surface area contributed by atoms with Gasteiger partial charge in [-0.05, 0) is 129 Å². The Hall–Kier alpha value is -4.10. The number of benzene rings is 1. The third-order valence-electron chi connectivity index (χ3n) is 8.88. The van der Waals surface area contributed by atoms with Crippen LogP contribution in [0.25, 0.3) is 10.2 Å². The number of fused-ring (bicyclic) bond motifs is 1. The summed E-state index contributed by atoms with van der Waals surface area (Å²) in [6.45, 7) is 13.3. The van der Waals surface area contributed by atoms with Crippen molar-refractivity contribution in [3.63, 3.8) is 0 Å². The second-order valence-corrected chi connectivity index (χ2v) is 16.6. The molecular weight excluding hydrogens is 670 g/mol. The summed E-state index contributed by atoms with van der Waals surface area (Å²) < 4.78 is 35.2. The van der Waals surface area contributed by atoms with E-state index in [-0.39, 0.29) is 29.4 Å². The molecule has 1 aromatic carbocycles. The zero-order valence-corrected chi connectivity index (χ0v) is 31.7. The van der Waals surface area contributed by atoms with E-state index in [1.165, 1.54) is 6.20 Å². The molecule has 0 radical (unpaired) electrons. The van der Waals surface area contributed by atoms with Gasteiger partial charge in [-0.1, -0.05) is 19.9 Å². The summed E-state index contributed by atoms with van der Waals surface area (Å²) in [5.74, 6) is -1.14. The number of carbonyl (C=O) groups is 4. The number of imide groups is 1. The number of nitrogens with one attached hydrogen (secondary N) is 1. The molecule has 5 rings (SSSR count). The number of piperidine rings is 2. The normalized spacial score (nSPS) is 20.2. The van der Waals surface area contributed by atoms with Crippen LogP contribution >= 0.6 is 11.3 Å². The fraction of sp³-hybridized carbons (Fsp3) is 0.579. The molecule has 12 nitrogen and oxygen atoms in total. The second-order valence-electron chi connectivity index (χ2n) is 15.5. The SMILES string of the molecule is [2H][13C]([2H])([2H])N1CCC(c2nc3cc([C@H]4CC[C@H](C)CN4C(=O)C(=O)Nc4cnc(N(C(=O)OC(C)(C)C)C(=O)OC(C)(C)C)c(CC)c4)ccc3s2)CC1. The van der Waals surface area contributed by atoms with Gasteiger partial charge in [0.15, 0.2) is 5.82 Å². The van der Waals surface area contributed by atoms with Crippen molar-refractivity contribution in [2.75, 3.05) is 36.8 Å². The van der Waals surface area contributed by atoms with Gasteiger partial charge < -0.3 is 24.6 Å². The van der Waals surface area contributed by atoms with Gasteiger partial charge in [0.05, 0.1) is 33.2 Å². The van der Waals surface area contributed by atoms with Gasteiger partial charge in [0.2, 0.25) is 0 Å². The molecule has 4 heterocycles. The quantitative estimate of drug-likeness (QED) is 0.208. The Morgan fingerprint density at radius 3 is 2.27 bits per heavy atom. The molecule has 2 fully saturated rings. The summed E-state index contributed by atoms with van der Waals surface area (Å²) in [6, 6.07) is 7.26. The third-order valence-corrected chi connectivity index (χ3v) is 10.1. The largest absolute Gasteiger partial charge is 0.443 e. The molecule has 0 aliphatic carbocycles. The van der Waals surface area contributed by atoms with Crippen molar-refractivity contribution in [2.45, 2.75) is 111 Å². The molecule has 3 aromatic rings. The molecule has 2 aliphatic rings. The standard InChI is InChI=1S/C38H52N6O6S/c1-10-24-19-27(21-39-31(24)44(35(47)49-37(3,4)5)36(48)50-38(6,7)8)40-32(45)34(46)43-22-23(2)11-13-29(43)26-12-14-30-28(20-26)41-33(51-30)25-15-17-42(9)18-16-25/h12,14,19-21,23,25,29H,10-11,13,15-18,22H2,1-9H3,(H,40,45)/t23-,29+/m0/s1/i9+1D3. The van der Waals surface area contributed by atoms with E-state index in [0.717, 1.165) is 45.0 Å². The lowest BCUT2D eigenvalue weighted by molar-refractivity contribution is -0.146. The van der Waals surface area contributed by atoms with Crippen molar-refractivity contribution in [3.8, 4) is 0 Å². The first-order valence-corrected chi connectivity index (χ1v) is 18.5. The number of rotatable bonds is 5. The van der Waals surface area contributed by atoms with Gasteiger partial charge in [-0.15, -0.1) is 11.3 Å². The number of aromatic nitrogens is 2. The van der Waals surface area contributed by atoms with Crippen LogP contribution in [0.4, 0.5) is 21.1 Å². The summed E-state index contributed by atoms with van der Waals surface area (Å²) in [5, 5.41) is 3.68. The Bertz CT molecular complexity index is 1850. The van der Waals surface area contributed by atoms with Crippen LogP contribution in [-0.4, -0.2) is 81.6 Å². The van der Waals surface area contributed by atoms with Gasteiger partial charge in [0, 0.05) is 16.6 Å². The summed E-state index contributed by atoms with van der Waals surface area (Å²) in [6.07, 6.45) is 2.72. The van der Waals surface area contributed by atoms with E-state index in [0.29, 0.717) is 38.0 Å². The molecule has 0 spiro atoms. The highest BCUT2D eigenvalue weighted by molar-refractivity contribution is 7.18. The Balaban J connectivity index is 1.34. The molecule has 2 atom stereocenters. The van der Waals surface area contributed by atoms with Gasteiger partial charge in [-0.3, -0.25) is 9.59 Å². The first kappa shape index (κ1) is 34.0. The summed E-state index contributed by atoms with van der Waals surface area (Å²) in [5.41, 5.74) is 0.586. The first-order chi connectivity index (χ1) is 25.1. The van der Waals surface area contributed by atoms with Gasteiger partial charge in [0.25, 0.3) is 0 Å². The fourth-order valence-electron chi connectivity index (χ4n) is 6.40. The van der Waals surface area contributed by atoms with Gasteiger partial charge in [0.1, 0.15) is 11.2 Å². The molecule has 0 saturated carbocycles. The molecule has 2 aliphatic heterocycles. The fourth-order valence-corrected chi connectivity index (χ4v) is 7.52. The number of hydrogen-bond donors (Lipinski definition) is 1. The predicted octanol–water partition coefficient (Wildman–Crippen LogP) is 7.68. The first-order valence-electron chi connectivity index (χ1n) is 19.2. The average molecular weight is 725 g/mol. The number of thiazole rings is 1. The van der Waals surface area contributed by atoms with Crippen LogP contribution in [0.2, 0.25) is 0 Å². The molecule has 0 unspecified atom stereocenters. The van der Waals surface area contributed by atoms with Crippen molar-refractivity contribution in [1.82, 2.24) is 19.8 Å². The summed E-state index contributed by atoms with van der Waals surface area (Å²) >= 11 is 1.62. The van der Waals surface area contributed by atoms with Crippen molar-refractivity contribution in [3.05, 3.63) is 46.6 Å².